The molecule has 0 spiro atoms. The zero-order valence-corrected chi connectivity index (χ0v) is 61.5. The van der Waals surface area contributed by atoms with E-state index in [4.69, 9.17) is 66.0 Å². The predicted molar refractivity (Wildman–Crippen MR) is 362 cm³/mol. The molecule has 32 nitrogen and oxygen atoms in total. The average Bonchev–Trinajstić information content (AvgIpc) is 0.746. The number of nitrogens with zero attached hydrogens (tertiary/aromatic N) is 4. The first-order chi connectivity index (χ1) is 48.3. The van der Waals surface area contributed by atoms with Crippen LogP contribution in [0.5, 0.6) is 0 Å². The molecule has 570 valence electrons. The van der Waals surface area contributed by atoms with Crippen LogP contribution in [0, 0.1) is 0 Å². The molecule has 0 bridgehead atoms. The summed E-state index contributed by atoms with van der Waals surface area (Å²) >= 11 is 0. The zero-order chi connectivity index (χ0) is 76.0. The van der Waals surface area contributed by atoms with Crippen molar-refractivity contribution in [1.29, 1.82) is 0 Å². The molecule has 0 N–H and O–H groups in total. The van der Waals surface area contributed by atoms with Gasteiger partial charge in [0, 0.05) is 26.2 Å². The molecule has 0 amide bonds. The molecular weight excluding hydrogens is 1360 g/mol. The van der Waals surface area contributed by atoms with Gasteiger partial charge in [0.05, 0.1) is 89.9 Å². The number of carbonyl (C=O) groups is 14. The van der Waals surface area contributed by atoms with Gasteiger partial charge in [-0.05, 0) is 71.8 Å². The van der Waals surface area contributed by atoms with Gasteiger partial charge < -0.3 is 85.6 Å². The Labute approximate surface area is 596 Å². The van der Waals surface area contributed by atoms with Crippen LogP contribution in [-0.2, 0) is 133 Å². The third-order valence-corrected chi connectivity index (χ3v) is 19.0. The van der Waals surface area contributed by atoms with E-state index >= 15 is 0 Å². The van der Waals surface area contributed by atoms with Crippen LogP contribution in [0.2, 0.25) is 5.04 Å². The number of carbonyl (C=O) groups excluding carboxylic acids is 14. The summed E-state index contributed by atoms with van der Waals surface area (Å²) < 4.78 is 74.7. The van der Waals surface area contributed by atoms with E-state index in [1.165, 1.54) is 0 Å². The topological polar surface area (TPSA) is 381 Å². The summed E-state index contributed by atoms with van der Waals surface area (Å²) in [5.41, 5.74) is 0. The fraction of sp³-hybridized carbons (Fsp3) is 0.623. The van der Waals surface area contributed by atoms with E-state index in [1.807, 2.05) is 81.4 Å². The van der Waals surface area contributed by atoms with E-state index in [1.54, 1.807) is 76.0 Å². The van der Waals surface area contributed by atoms with Crippen LogP contribution in [0.15, 0.2) is 60.7 Å². The van der Waals surface area contributed by atoms with Crippen molar-refractivity contribution in [2.45, 2.75) is 134 Å². The largest absolute Gasteiger partial charge is 0.510 e. The minimum Gasteiger partial charge on any atom is -0.510 e. The fourth-order valence-corrected chi connectivity index (χ4v) is 13.0. The van der Waals surface area contributed by atoms with E-state index < -0.39 is 219 Å². The van der Waals surface area contributed by atoms with Crippen LogP contribution in [-0.4, -0.2) is 278 Å². The highest BCUT2D eigenvalue weighted by molar-refractivity contribution is 7.00. The van der Waals surface area contributed by atoms with Gasteiger partial charge in [-0.2, -0.15) is 0 Å². The number of ether oxygens (including phenoxy) is 13. The normalized spacial score (nSPS) is 11.4. The molecule has 102 heavy (non-hydrogen) atoms. The van der Waals surface area contributed by atoms with Crippen LogP contribution in [0.1, 0.15) is 111 Å². The van der Waals surface area contributed by atoms with Gasteiger partial charge in [-0.1, -0.05) is 81.4 Å². The quantitative estimate of drug-likeness (QED) is 0.0519. The van der Waals surface area contributed by atoms with Gasteiger partial charge in [-0.25, -0.2) is 0 Å². The Hall–Kier alpha value is -8.92. The lowest BCUT2D eigenvalue weighted by Gasteiger charge is -2.42. The molecule has 0 heterocycles. The second-order valence-electron chi connectivity index (χ2n) is 25.2. The molecule has 0 aliphatic heterocycles. The van der Waals surface area contributed by atoms with Crippen LogP contribution in [0.3, 0.4) is 0 Å². The molecule has 0 aromatic heterocycles. The first-order valence-electron chi connectivity index (χ1n) is 33.3. The van der Waals surface area contributed by atoms with Gasteiger partial charge in [0.1, 0.15) is 66.1 Å². The molecule has 2 aromatic carbocycles. The van der Waals surface area contributed by atoms with Crippen LogP contribution < -0.4 is 10.4 Å². The lowest BCUT2D eigenvalue weighted by Crippen LogP contribution is -2.67. The predicted octanol–water partition coefficient (Wildman–Crippen LogP) is 1.96. The molecule has 0 saturated carbocycles. The number of benzene rings is 2. The second kappa shape index (κ2) is 49.6. The molecule has 33 heteroatoms. The lowest BCUT2D eigenvalue weighted by atomic mass is 10.2. The van der Waals surface area contributed by atoms with E-state index in [-0.39, 0.29) is 52.1 Å². The molecule has 0 radical (unpaired) electrons. The van der Waals surface area contributed by atoms with Crippen molar-refractivity contribution >= 4 is 102 Å². The van der Waals surface area contributed by atoms with Crippen molar-refractivity contribution in [3.63, 3.8) is 0 Å². The highest BCUT2D eigenvalue weighted by Crippen LogP contribution is 2.37. The minimum atomic E-state index is -3.43. The molecule has 0 unspecified atom stereocenters. The van der Waals surface area contributed by atoms with Crippen LogP contribution in [0.4, 0.5) is 0 Å². The van der Waals surface area contributed by atoms with E-state index in [0.717, 1.165) is 10.4 Å². The summed E-state index contributed by atoms with van der Waals surface area (Å²) in [5, 5.41) is 0.944. The number of likely N-dealkylation sites (N-methyl/N-ethyl adjacent to an activating group) is 4. The Bertz CT molecular complexity index is 2720. The number of hydrogen-bond acceptors (Lipinski definition) is 32. The van der Waals surface area contributed by atoms with Gasteiger partial charge in [-0.15, -0.1) is 0 Å². The molecule has 0 aliphatic rings. The van der Waals surface area contributed by atoms with Crippen molar-refractivity contribution < 1.29 is 133 Å². The third-order valence-electron chi connectivity index (χ3n) is 14.1. The SMILES string of the molecule is CN(C)CCOC(=O)CCC(=O)OCC(COC(=O)CCC(=O)OCCN(C)C)OC(=O)CCC(=O)OCC(COC(=O)CCC(=O)OC(COC(=O)CCC(=O)OCCN(C)C)COC(=O)CCC(=O)OCCN(C)C)OC(=O)CCC(=O)O[Si](c1ccccc1)(c1ccccc1)C(C)(C)C. The van der Waals surface area contributed by atoms with Gasteiger partial charge in [0.25, 0.3) is 5.97 Å². The summed E-state index contributed by atoms with van der Waals surface area (Å²) in [5.74, 6) is -12.4. The summed E-state index contributed by atoms with van der Waals surface area (Å²) in [7, 11) is 10.8. The van der Waals surface area contributed by atoms with Crippen molar-refractivity contribution in [1.82, 2.24) is 19.6 Å². The third kappa shape index (κ3) is 41.1. The van der Waals surface area contributed by atoms with Gasteiger partial charge in [-0.3, -0.25) is 67.1 Å². The van der Waals surface area contributed by atoms with Crippen molar-refractivity contribution in [2.24, 2.45) is 0 Å². The number of hydrogen-bond donors (Lipinski definition) is 0. The van der Waals surface area contributed by atoms with E-state index in [9.17, 15) is 67.1 Å². The Morgan fingerprint density at radius 2 is 0.471 bits per heavy atom. The molecule has 2 aromatic rings. The Morgan fingerprint density at radius 3 is 0.667 bits per heavy atom. The van der Waals surface area contributed by atoms with Crippen molar-refractivity contribution in [3.05, 3.63) is 60.7 Å². The summed E-state index contributed by atoms with van der Waals surface area (Å²) in [4.78, 5) is 187. The summed E-state index contributed by atoms with van der Waals surface area (Å²) in [6, 6.07) is 18.4. The maximum Gasteiger partial charge on any atom is 0.323 e. The van der Waals surface area contributed by atoms with Gasteiger partial charge in [0.2, 0.25) is 0 Å². The minimum absolute atomic E-state index is 0.0760. The van der Waals surface area contributed by atoms with Gasteiger partial charge >= 0.3 is 85.9 Å². The molecule has 0 fully saturated rings. The first-order valence-corrected chi connectivity index (χ1v) is 35.2. The van der Waals surface area contributed by atoms with Gasteiger partial charge in [0.15, 0.2) is 18.3 Å². The van der Waals surface area contributed by atoms with E-state index in [0.29, 0.717) is 26.2 Å². The second-order valence-corrected chi connectivity index (χ2v) is 29.4. The standard InChI is InChI=1S/C69H102N4O28Si/c1-69(2,3)102(53-18-14-12-15-19-53,54-20-16-13-17-21-54)101-68(87)35-34-67(86)100-52(48-96-63(82)30-32-65(84)98-50(44-92-59(78)26-22-55(74)88-40-36-70(4)5)45-93-60(79)27-23-56(75)89-41-37-71(6)7)49-97-64(83)31-33-66(85)99-51(46-94-61(80)28-24-57(76)90-42-38-72(8)9)47-95-62(81)29-25-58(77)91-43-39-73(10)11/h12-21,50-52H,22-49H2,1-11H3. The zero-order valence-electron chi connectivity index (χ0n) is 60.5. The molecule has 0 atom stereocenters. The average molecular weight is 1460 g/mol. The first kappa shape index (κ1) is 89.2. The summed E-state index contributed by atoms with van der Waals surface area (Å²) in [6.45, 7) is 3.57. The number of esters is 13. The van der Waals surface area contributed by atoms with E-state index in [2.05, 4.69) is 0 Å². The van der Waals surface area contributed by atoms with Crippen molar-refractivity contribution in [2.75, 3.05) is 149 Å². The molecule has 2 rings (SSSR count). The Morgan fingerprint density at radius 1 is 0.284 bits per heavy atom. The summed E-state index contributed by atoms with van der Waals surface area (Å²) in [6.07, 6.45) is -11.4. The highest BCUT2D eigenvalue weighted by atomic mass is 28.4. The fourth-order valence-electron chi connectivity index (χ4n) is 8.59. The Kier molecular flexibility index (Phi) is 43.4. The molecule has 0 saturated heterocycles. The smallest absolute Gasteiger partial charge is 0.323 e. The molecular formula is C69H102N4O28Si. The number of rotatable bonds is 51. The highest BCUT2D eigenvalue weighted by Gasteiger charge is 2.53. The maximum absolute atomic E-state index is 13.9. The Balaban J connectivity index is 2.28. The van der Waals surface area contributed by atoms with Crippen LogP contribution in [0.25, 0.3) is 0 Å². The van der Waals surface area contributed by atoms with Crippen LogP contribution >= 0.6 is 0 Å². The monoisotopic (exact) mass is 1460 g/mol. The maximum atomic E-state index is 13.9. The molecule has 0 aliphatic carbocycles. The van der Waals surface area contributed by atoms with Crippen molar-refractivity contribution in [3.8, 4) is 0 Å². The lowest BCUT2D eigenvalue weighted by molar-refractivity contribution is -0.170.